The lowest BCUT2D eigenvalue weighted by Gasteiger charge is -2.09. The molecule has 0 aliphatic heterocycles. The van der Waals surface area contributed by atoms with E-state index in [1.165, 1.54) is 24.3 Å². The maximum atomic E-state index is 13.4. The molecule has 3 rings (SSSR count). The van der Waals surface area contributed by atoms with Gasteiger partial charge in [0.1, 0.15) is 11.3 Å². The molecule has 0 saturated heterocycles. The Morgan fingerprint density at radius 3 is 2.48 bits per heavy atom. The van der Waals surface area contributed by atoms with Crippen molar-refractivity contribution in [1.29, 1.82) is 0 Å². The SMILES string of the molecule is CCOC(=O)c1cnn(Cc2ccc(-c3noc(C(F)(F)F)n3)cc2)c1C(F)F. The van der Waals surface area contributed by atoms with Gasteiger partial charge in [-0.05, 0) is 12.5 Å². The highest BCUT2D eigenvalue weighted by Gasteiger charge is 2.38. The van der Waals surface area contributed by atoms with E-state index in [1.54, 1.807) is 6.92 Å². The summed E-state index contributed by atoms with van der Waals surface area (Å²) < 4.78 is 74.3. The Morgan fingerprint density at radius 2 is 1.93 bits per heavy atom. The van der Waals surface area contributed by atoms with E-state index in [0.29, 0.717) is 5.56 Å². The molecule has 0 spiro atoms. The van der Waals surface area contributed by atoms with Gasteiger partial charge in [-0.2, -0.15) is 23.3 Å². The van der Waals surface area contributed by atoms with E-state index in [-0.39, 0.29) is 30.1 Å². The molecule has 154 valence electrons. The molecule has 0 unspecified atom stereocenters. The van der Waals surface area contributed by atoms with Crippen molar-refractivity contribution in [3.05, 3.63) is 53.2 Å². The number of rotatable bonds is 6. The Hall–Kier alpha value is -3.31. The van der Waals surface area contributed by atoms with E-state index >= 15 is 0 Å². The maximum Gasteiger partial charge on any atom is 0.471 e. The highest BCUT2D eigenvalue weighted by atomic mass is 19.4. The van der Waals surface area contributed by atoms with Gasteiger partial charge in [0.2, 0.25) is 5.82 Å². The van der Waals surface area contributed by atoms with E-state index in [9.17, 15) is 26.7 Å². The molecule has 0 bridgehead atoms. The van der Waals surface area contributed by atoms with Crippen molar-refractivity contribution in [2.45, 2.75) is 26.1 Å². The summed E-state index contributed by atoms with van der Waals surface area (Å²) in [6.45, 7) is 1.48. The molecule has 3 aromatic rings. The number of alkyl halides is 5. The van der Waals surface area contributed by atoms with Crippen LogP contribution in [0.25, 0.3) is 11.4 Å². The molecule has 0 amide bonds. The minimum Gasteiger partial charge on any atom is -0.462 e. The summed E-state index contributed by atoms with van der Waals surface area (Å²) in [6, 6.07) is 5.80. The largest absolute Gasteiger partial charge is 0.471 e. The van der Waals surface area contributed by atoms with Gasteiger partial charge in [0, 0.05) is 5.56 Å². The number of aromatic nitrogens is 4. The summed E-state index contributed by atoms with van der Waals surface area (Å²) in [5, 5.41) is 7.09. The summed E-state index contributed by atoms with van der Waals surface area (Å²) in [5.74, 6) is -2.64. The molecule has 0 aliphatic rings. The zero-order valence-electron chi connectivity index (χ0n) is 14.8. The molecule has 0 N–H and O–H groups in total. The van der Waals surface area contributed by atoms with Crippen LogP contribution in [0.2, 0.25) is 0 Å². The topological polar surface area (TPSA) is 83.0 Å². The van der Waals surface area contributed by atoms with Crippen LogP contribution in [-0.4, -0.2) is 32.5 Å². The average molecular weight is 416 g/mol. The van der Waals surface area contributed by atoms with Gasteiger partial charge in [-0.1, -0.05) is 29.4 Å². The van der Waals surface area contributed by atoms with Crippen molar-refractivity contribution in [2.75, 3.05) is 6.61 Å². The van der Waals surface area contributed by atoms with Crippen molar-refractivity contribution in [3.8, 4) is 11.4 Å². The zero-order valence-corrected chi connectivity index (χ0v) is 14.8. The first-order chi connectivity index (χ1) is 13.7. The quantitative estimate of drug-likeness (QED) is 0.444. The number of ether oxygens (including phenoxy) is 1. The lowest BCUT2D eigenvalue weighted by molar-refractivity contribution is -0.159. The zero-order chi connectivity index (χ0) is 21.2. The first-order valence-electron chi connectivity index (χ1n) is 8.22. The summed E-state index contributed by atoms with van der Waals surface area (Å²) in [6.07, 6.45) is -6.71. The molecule has 7 nitrogen and oxygen atoms in total. The smallest absolute Gasteiger partial charge is 0.462 e. The highest BCUT2D eigenvalue weighted by Crippen LogP contribution is 2.29. The lowest BCUT2D eigenvalue weighted by atomic mass is 10.1. The number of halogens is 5. The second-order valence-electron chi connectivity index (χ2n) is 5.74. The first kappa shape index (κ1) is 20.4. The minimum absolute atomic E-state index is 0.0281. The Bertz CT molecular complexity index is 995. The molecule has 2 heterocycles. The predicted molar refractivity (Wildman–Crippen MR) is 87.0 cm³/mol. The number of nitrogens with zero attached hydrogens (tertiary/aromatic N) is 4. The molecule has 0 radical (unpaired) electrons. The summed E-state index contributed by atoms with van der Waals surface area (Å²) in [4.78, 5) is 15.1. The fourth-order valence-electron chi connectivity index (χ4n) is 2.51. The van der Waals surface area contributed by atoms with Crippen LogP contribution >= 0.6 is 0 Å². The van der Waals surface area contributed by atoms with Crippen molar-refractivity contribution in [1.82, 2.24) is 19.9 Å². The van der Waals surface area contributed by atoms with E-state index in [4.69, 9.17) is 4.74 Å². The van der Waals surface area contributed by atoms with Crippen LogP contribution < -0.4 is 0 Å². The Kier molecular flexibility index (Phi) is 5.62. The second kappa shape index (κ2) is 7.97. The fraction of sp³-hybridized carbons (Fsp3) is 0.294. The van der Waals surface area contributed by atoms with Crippen molar-refractivity contribution in [3.63, 3.8) is 0 Å². The minimum atomic E-state index is -4.76. The van der Waals surface area contributed by atoms with Crippen LogP contribution in [0.4, 0.5) is 22.0 Å². The molecular weight excluding hydrogens is 403 g/mol. The molecule has 1 aromatic carbocycles. The molecule has 0 fully saturated rings. The van der Waals surface area contributed by atoms with Crippen LogP contribution in [0.3, 0.4) is 0 Å². The number of esters is 1. The standard InChI is InChI=1S/C17H13F5N4O3/c1-2-28-15(27)11-7-23-26(12(11)13(18)19)8-9-3-5-10(6-4-9)14-24-16(29-25-14)17(20,21)22/h3-7,13H,2,8H2,1H3. The average Bonchev–Trinajstić information content (AvgIpc) is 3.29. The normalized spacial score (nSPS) is 11.8. The van der Waals surface area contributed by atoms with E-state index < -0.39 is 30.2 Å². The van der Waals surface area contributed by atoms with Gasteiger partial charge >= 0.3 is 18.0 Å². The van der Waals surface area contributed by atoms with Gasteiger partial charge < -0.3 is 9.26 Å². The number of carbonyl (C=O) groups is 1. The van der Waals surface area contributed by atoms with Crippen LogP contribution in [0.5, 0.6) is 0 Å². The number of hydrogen-bond donors (Lipinski definition) is 0. The fourth-order valence-corrected chi connectivity index (χ4v) is 2.51. The Morgan fingerprint density at radius 1 is 1.24 bits per heavy atom. The van der Waals surface area contributed by atoms with Crippen LogP contribution in [0, 0.1) is 0 Å². The summed E-state index contributed by atoms with van der Waals surface area (Å²) in [7, 11) is 0. The van der Waals surface area contributed by atoms with E-state index in [0.717, 1.165) is 10.9 Å². The molecule has 0 aliphatic carbocycles. The van der Waals surface area contributed by atoms with Gasteiger partial charge in [0.15, 0.2) is 0 Å². The lowest BCUT2D eigenvalue weighted by Crippen LogP contribution is -2.11. The molecule has 29 heavy (non-hydrogen) atoms. The number of hydrogen-bond acceptors (Lipinski definition) is 6. The third-order valence-corrected chi connectivity index (χ3v) is 3.80. The predicted octanol–water partition coefficient (Wildman–Crippen LogP) is 4.11. The molecule has 0 atom stereocenters. The van der Waals surface area contributed by atoms with Gasteiger partial charge in [-0.15, -0.1) is 0 Å². The number of carbonyl (C=O) groups excluding carboxylic acids is 1. The van der Waals surface area contributed by atoms with Crippen LogP contribution in [0.1, 0.15) is 40.9 Å². The van der Waals surface area contributed by atoms with Crippen LogP contribution in [0.15, 0.2) is 35.0 Å². The Labute approximate surface area is 160 Å². The van der Waals surface area contributed by atoms with Gasteiger partial charge in [-0.25, -0.2) is 13.6 Å². The summed E-state index contributed by atoms with van der Waals surface area (Å²) in [5.41, 5.74) is -0.158. The van der Waals surface area contributed by atoms with E-state index in [2.05, 4.69) is 19.8 Å². The molecule has 12 heteroatoms. The second-order valence-corrected chi connectivity index (χ2v) is 5.74. The van der Waals surface area contributed by atoms with Crippen molar-refractivity contribution in [2.24, 2.45) is 0 Å². The number of benzene rings is 1. The highest BCUT2D eigenvalue weighted by molar-refractivity contribution is 5.90. The first-order valence-corrected chi connectivity index (χ1v) is 8.22. The van der Waals surface area contributed by atoms with Crippen LogP contribution in [-0.2, 0) is 17.5 Å². The summed E-state index contributed by atoms with van der Waals surface area (Å²) >= 11 is 0. The third kappa shape index (κ3) is 4.41. The van der Waals surface area contributed by atoms with E-state index in [1.807, 2.05) is 0 Å². The molecule has 2 aromatic heterocycles. The third-order valence-electron chi connectivity index (χ3n) is 3.80. The maximum absolute atomic E-state index is 13.4. The van der Waals surface area contributed by atoms with Gasteiger partial charge in [-0.3, -0.25) is 4.68 Å². The molecule has 0 saturated carbocycles. The monoisotopic (exact) mass is 416 g/mol. The van der Waals surface area contributed by atoms with Crippen molar-refractivity contribution < 1.29 is 36.0 Å². The van der Waals surface area contributed by atoms with Gasteiger partial charge in [0.25, 0.3) is 6.43 Å². The van der Waals surface area contributed by atoms with Gasteiger partial charge in [0.05, 0.1) is 19.3 Å². The molecular formula is C17H13F5N4O3. The Balaban J connectivity index is 1.81. The van der Waals surface area contributed by atoms with Crippen molar-refractivity contribution >= 4 is 5.97 Å².